The number of aromatic carboxylic acids is 1. The summed E-state index contributed by atoms with van der Waals surface area (Å²) in [5, 5.41) is 24.2. The molecular weight excluding hydrogens is 530 g/mol. The normalized spacial score (nSPS) is 15.4. The van der Waals surface area contributed by atoms with E-state index >= 15 is 0 Å². The summed E-state index contributed by atoms with van der Waals surface area (Å²) in [6, 6.07) is 18.0. The Morgan fingerprint density at radius 3 is 2.52 bits per heavy atom. The van der Waals surface area contributed by atoms with Crippen LogP contribution in [0.2, 0.25) is 5.02 Å². The fourth-order valence-electron chi connectivity index (χ4n) is 5.45. The molecule has 0 saturated carbocycles. The third kappa shape index (κ3) is 4.86. The lowest BCUT2D eigenvalue weighted by molar-refractivity contribution is 0.0697. The molecule has 3 aromatic carbocycles. The molecule has 6 rings (SSSR count). The summed E-state index contributed by atoms with van der Waals surface area (Å²) in [6.45, 7) is 3.41. The molecule has 0 spiro atoms. The van der Waals surface area contributed by atoms with E-state index in [-0.39, 0.29) is 11.3 Å². The van der Waals surface area contributed by atoms with Crippen LogP contribution in [0.4, 0.5) is 0 Å². The van der Waals surface area contributed by atoms with Crippen LogP contribution < -0.4 is 4.74 Å². The third-order valence-electron chi connectivity index (χ3n) is 7.52. The largest absolute Gasteiger partial charge is 0.507 e. The van der Waals surface area contributed by atoms with E-state index in [1.165, 1.54) is 6.26 Å². The summed E-state index contributed by atoms with van der Waals surface area (Å²) in [7, 11) is 2.08. The number of ether oxygens (including phenoxy) is 1. The van der Waals surface area contributed by atoms with Crippen molar-refractivity contribution in [2.75, 3.05) is 33.2 Å². The van der Waals surface area contributed by atoms with Crippen LogP contribution in [0.3, 0.4) is 0 Å². The number of benzene rings is 3. The van der Waals surface area contributed by atoms with E-state index < -0.39 is 12.0 Å². The standard InChI is InChI=1S/C31H28ClN3O5/c1-34-12-14-35(15-13-34)28(20-10-11-33-25(16-20)39-17-19-6-8-21(32)9-7-19)27-26-24(31(37)38)18-40-30(26)23-5-3-2-4-22(23)29(27)36/h2-11,16,18,28,36H,12-15,17H2,1H3,(H,37,38). The highest BCUT2D eigenvalue weighted by atomic mass is 35.5. The monoisotopic (exact) mass is 557 g/mol. The van der Waals surface area contributed by atoms with Gasteiger partial charge in [0.15, 0.2) is 0 Å². The van der Waals surface area contributed by atoms with Crippen molar-refractivity contribution in [2.24, 2.45) is 0 Å². The van der Waals surface area contributed by atoms with E-state index in [1.807, 2.05) is 60.7 Å². The van der Waals surface area contributed by atoms with Crippen LogP contribution in [-0.4, -0.2) is 64.2 Å². The second-order valence-corrected chi connectivity index (χ2v) is 10.5. The zero-order valence-corrected chi connectivity index (χ0v) is 22.6. The first-order chi connectivity index (χ1) is 19.4. The van der Waals surface area contributed by atoms with Crippen molar-refractivity contribution < 1.29 is 24.2 Å². The zero-order valence-electron chi connectivity index (χ0n) is 21.9. The second kappa shape index (κ2) is 10.8. The van der Waals surface area contributed by atoms with Crippen LogP contribution in [0.25, 0.3) is 21.7 Å². The fraction of sp³-hybridized carbons (Fsp3) is 0.226. The Labute approximate surface area is 236 Å². The molecule has 1 fully saturated rings. The lowest BCUT2D eigenvalue weighted by atomic mass is 9.89. The number of pyridine rings is 1. The Kier molecular flexibility index (Phi) is 7.06. The number of likely N-dealkylation sites (N-methyl/N-ethyl adjacent to an activating group) is 1. The molecule has 2 aromatic heterocycles. The Morgan fingerprint density at radius 1 is 1.07 bits per heavy atom. The summed E-state index contributed by atoms with van der Waals surface area (Å²) in [5.74, 6) is -0.654. The molecule has 2 N–H and O–H groups in total. The number of hydrogen-bond donors (Lipinski definition) is 2. The minimum Gasteiger partial charge on any atom is -0.507 e. The van der Waals surface area contributed by atoms with Gasteiger partial charge >= 0.3 is 5.97 Å². The maximum absolute atomic E-state index is 12.3. The van der Waals surface area contributed by atoms with E-state index in [9.17, 15) is 15.0 Å². The third-order valence-corrected chi connectivity index (χ3v) is 7.78. The van der Waals surface area contributed by atoms with Crippen LogP contribution in [0.5, 0.6) is 11.6 Å². The molecule has 40 heavy (non-hydrogen) atoms. The van der Waals surface area contributed by atoms with E-state index in [2.05, 4.69) is 21.8 Å². The topological polar surface area (TPSA) is 99.3 Å². The lowest BCUT2D eigenvalue weighted by Gasteiger charge is -2.39. The Bertz CT molecular complexity index is 1690. The van der Waals surface area contributed by atoms with Gasteiger partial charge in [-0.3, -0.25) is 4.90 Å². The number of carboxylic acids is 1. The predicted molar refractivity (Wildman–Crippen MR) is 153 cm³/mol. The van der Waals surface area contributed by atoms with Crippen LogP contribution in [0, 0.1) is 0 Å². The van der Waals surface area contributed by atoms with Gasteiger partial charge in [0.25, 0.3) is 0 Å². The van der Waals surface area contributed by atoms with Crippen LogP contribution in [0.15, 0.2) is 77.5 Å². The van der Waals surface area contributed by atoms with Gasteiger partial charge in [-0.2, -0.15) is 0 Å². The highest BCUT2D eigenvalue weighted by Crippen LogP contribution is 2.46. The SMILES string of the molecule is CN1CCN(C(c2ccnc(OCc3ccc(Cl)cc3)c2)c2c(O)c3ccccc3c3occ(C(=O)O)c23)CC1. The number of aromatic nitrogens is 1. The van der Waals surface area contributed by atoms with Crippen molar-refractivity contribution in [3.63, 3.8) is 0 Å². The number of piperazine rings is 1. The van der Waals surface area contributed by atoms with E-state index in [0.29, 0.717) is 44.8 Å². The number of nitrogens with zero attached hydrogens (tertiary/aromatic N) is 3. The number of phenolic OH excluding ortho intramolecular Hbond substituents is 1. The number of carbonyl (C=O) groups is 1. The van der Waals surface area contributed by atoms with Gasteiger partial charge in [0.05, 0.1) is 6.04 Å². The number of aromatic hydroxyl groups is 1. The summed E-state index contributed by atoms with van der Waals surface area (Å²) in [5.41, 5.74) is 2.73. The average molecular weight is 558 g/mol. The molecule has 1 unspecified atom stereocenters. The maximum atomic E-state index is 12.3. The molecule has 1 saturated heterocycles. The molecule has 0 aliphatic carbocycles. The fourth-order valence-corrected chi connectivity index (χ4v) is 5.58. The van der Waals surface area contributed by atoms with Crippen molar-refractivity contribution in [2.45, 2.75) is 12.6 Å². The van der Waals surface area contributed by atoms with E-state index in [1.54, 1.807) is 6.20 Å². The smallest absolute Gasteiger partial charge is 0.339 e. The first-order valence-electron chi connectivity index (χ1n) is 13.0. The molecular formula is C31H28ClN3O5. The number of hydrogen-bond acceptors (Lipinski definition) is 7. The highest BCUT2D eigenvalue weighted by molar-refractivity contribution is 6.30. The van der Waals surface area contributed by atoms with Gasteiger partial charge in [0, 0.05) is 65.2 Å². The lowest BCUT2D eigenvalue weighted by Crippen LogP contribution is -2.46. The minimum atomic E-state index is -1.12. The van der Waals surface area contributed by atoms with Crippen molar-refractivity contribution >= 4 is 39.3 Å². The van der Waals surface area contributed by atoms with Crippen LogP contribution in [0.1, 0.15) is 33.1 Å². The maximum Gasteiger partial charge on any atom is 0.339 e. The number of halogens is 1. The number of fused-ring (bicyclic) bond motifs is 3. The van der Waals surface area contributed by atoms with Crippen molar-refractivity contribution in [1.29, 1.82) is 0 Å². The number of carboxylic acid groups (broad SMARTS) is 1. The van der Waals surface area contributed by atoms with Crippen molar-refractivity contribution in [3.8, 4) is 11.6 Å². The zero-order chi connectivity index (χ0) is 27.8. The molecule has 1 aliphatic heterocycles. The molecule has 3 heterocycles. The van der Waals surface area contributed by atoms with Gasteiger partial charge in [-0.1, -0.05) is 48.0 Å². The summed E-state index contributed by atoms with van der Waals surface area (Å²) in [6.07, 6.45) is 2.94. The molecule has 5 aromatic rings. The Morgan fingerprint density at radius 2 is 1.80 bits per heavy atom. The van der Waals surface area contributed by atoms with Gasteiger partial charge in [-0.15, -0.1) is 0 Å². The second-order valence-electron chi connectivity index (χ2n) is 10.1. The number of furan rings is 1. The van der Waals surface area contributed by atoms with Crippen molar-refractivity contribution in [3.05, 3.63) is 100 Å². The quantitative estimate of drug-likeness (QED) is 0.253. The molecule has 1 atom stereocenters. The molecule has 0 bridgehead atoms. The Balaban J connectivity index is 1.51. The van der Waals surface area contributed by atoms with E-state index in [0.717, 1.165) is 37.3 Å². The van der Waals surface area contributed by atoms with Gasteiger partial charge < -0.3 is 24.3 Å². The van der Waals surface area contributed by atoms with Crippen LogP contribution in [-0.2, 0) is 6.61 Å². The first-order valence-corrected chi connectivity index (χ1v) is 13.4. The molecule has 8 nitrogen and oxygen atoms in total. The number of phenols is 1. The van der Waals surface area contributed by atoms with E-state index in [4.69, 9.17) is 20.8 Å². The Hall–Kier alpha value is -4.11. The summed E-state index contributed by atoms with van der Waals surface area (Å²) >= 11 is 6.01. The highest BCUT2D eigenvalue weighted by Gasteiger charge is 2.33. The predicted octanol–water partition coefficient (Wildman–Crippen LogP) is 5.95. The molecule has 0 radical (unpaired) electrons. The molecule has 0 amide bonds. The van der Waals surface area contributed by atoms with Gasteiger partial charge in [-0.25, -0.2) is 9.78 Å². The summed E-state index contributed by atoms with van der Waals surface area (Å²) < 4.78 is 11.9. The number of rotatable bonds is 7. The van der Waals surface area contributed by atoms with Crippen LogP contribution >= 0.6 is 11.6 Å². The molecule has 9 heteroatoms. The average Bonchev–Trinajstić information content (AvgIpc) is 3.41. The van der Waals surface area contributed by atoms with Gasteiger partial charge in [0.1, 0.15) is 29.8 Å². The van der Waals surface area contributed by atoms with Gasteiger partial charge in [-0.05, 0) is 36.4 Å². The van der Waals surface area contributed by atoms with Gasteiger partial charge in [0.2, 0.25) is 5.88 Å². The molecule has 1 aliphatic rings. The molecule has 204 valence electrons. The first kappa shape index (κ1) is 26.1. The summed E-state index contributed by atoms with van der Waals surface area (Å²) in [4.78, 5) is 21.3. The van der Waals surface area contributed by atoms with Crippen molar-refractivity contribution in [1.82, 2.24) is 14.8 Å². The minimum absolute atomic E-state index is 0.0125.